The number of aryl methyl sites for hydroxylation is 1. The van der Waals surface area contributed by atoms with Gasteiger partial charge in [-0.25, -0.2) is 0 Å². The first kappa shape index (κ1) is 9.28. The summed E-state index contributed by atoms with van der Waals surface area (Å²) >= 11 is 0. The topological polar surface area (TPSA) is 33.4 Å². The largest absolute Gasteiger partial charge is 0.461 e. The molecule has 2 rings (SSSR count). The molecule has 2 heteroatoms. The van der Waals surface area contributed by atoms with Crippen molar-refractivity contribution >= 4 is 11.0 Å². The summed E-state index contributed by atoms with van der Waals surface area (Å²) in [5, 5.41) is 10.2. The van der Waals surface area contributed by atoms with Gasteiger partial charge < -0.3 is 9.52 Å². The van der Waals surface area contributed by atoms with Crippen molar-refractivity contribution in [3.63, 3.8) is 0 Å². The van der Waals surface area contributed by atoms with Crippen molar-refractivity contribution in [2.24, 2.45) is 0 Å². The molecule has 1 aromatic carbocycles. The van der Waals surface area contributed by atoms with Crippen LogP contribution in [0.25, 0.3) is 11.0 Å². The van der Waals surface area contributed by atoms with Crippen LogP contribution in [0.3, 0.4) is 0 Å². The summed E-state index contributed by atoms with van der Waals surface area (Å²) in [6.07, 6.45) is 0. The predicted molar refractivity (Wildman–Crippen MR) is 56.5 cm³/mol. The molecular weight excluding hydrogens is 176 g/mol. The van der Waals surface area contributed by atoms with Gasteiger partial charge in [0.05, 0.1) is 0 Å². The predicted octanol–water partition coefficient (Wildman–Crippen LogP) is 2.84. The first-order valence-corrected chi connectivity index (χ1v) is 4.82. The van der Waals surface area contributed by atoms with E-state index in [1.807, 2.05) is 38.1 Å². The summed E-state index contributed by atoms with van der Waals surface area (Å²) in [6.45, 7) is 4.12. The van der Waals surface area contributed by atoms with E-state index in [2.05, 4.69) is 0 Å². The lowest BCUT2D eigenvalue weighted by molar-refractivity contribution is 0.273. The van der Waals surface area contributed by atoms with Crippen molar-refractivity contribution in [3.8, 4) is 0 Å². The summed E-state index contributed by atoms with van der Waals surface area (Å²) in [6, 6.07) is 7.98. The Morgan fingerprint density at radius 2 is 2.21 bits per heavy atom. The minimum absolute atomic E-state index is 0.163. The molecule has 1 atom stereocenters. The molecule has 1 heterocycles. The average Bonchev–Trinajstić information content (AvgIpc) is 2.56. The Hall–Kier alpha value is -1.28. The number of hydrogen-bond donors (Lipinski definition) is 1. The summed E-state index contributed by atoms with van der Waals surface area (Å²) in [5.74, 6) is 1.08. The average molecular weight is 190 g/mol. The summed E-state index contributed by atoms with van der Waals surface area (Å²) in [5.41, 5.74) is 2.06. The quantitative estimate of drug-likeness (QED) is 0.790. The third-order valence-electron chi connectivity index (χ3n) is 2.52. The van der Waals surface area contributed by atoms with Gasteiger partial charge in [-0.3, -0.25) is 0 Å². The van der Waals surface area contributed by atoms with Crippen LogP contribution in [0.1, 0.15) is 24.2 Å². The minimum atomic E-state index is 0.163. The van der Waals surface area contributed by atoms with E-state index in [4.69, 9.17) is 9.52 Å². The standard InChI is InChI=1S/C12H14O2/c1-8(7-13)10-4-3-5-12-11(10)6-9(2)14-12/h3-6,8,13H,7H2,1-2H3. The Morgan fingerprint density at radius 3 is 2.93 bits per heavy atom. The third-order valence-corrected chi connectivity index (χ3v) is 2.52. The van der Waals surface area contributed by atoms with Crippen LogP contribution < -0.4 is 0 Å². The van der Waals surface area contributed by atoms with E-state index in [0.29, 0.717) is 0 Å². The van der Waals surface area contributed by atoms with Gasteiger partial charge in [0.15, 0.2) is 0 Å². The molecule has 0 fully saturated rings. The van der Waals surface area contributed by atoms with Crippen molar-refractivity contribution in [3.05, 3.63) is 35.6 Å². The maximum atomic E-state index is 9.12. The molecule has 74 valence electrons. The van der Waals surface area contributed by atoms with E-state index in [1.54, 1.807) is 0 Å². The summed E-state index contributed by atoms with van der Waals surface area (Å²) in [7, 11) is 0. The van der Waals surface area contributed by atoms with Crippen molar-refractivity contribution in [1.82, 2.24) is 0 Å². The molecule has 2 aromatic rings. The Morgan fingerprint density at radius 1 is 1.43 bits per heavy atom. The molecule has 1 aromatic heterocycles. The normalized spacial score (nSPS) is 13.4. The number of benzene rings is 1. The lowest BCUT2D eigenvalue weighted by Crippen LogP contribution is -1.98. The first-order valence-electron chi connectivity index (χ1n) is 4.82. The molecule has 0 amide bonds. The van der Waals surface area contributed by atoms with Crippen LogP contribution in [0, 0.1) is 6.92 Å². The summed E-state index contributed by atoms with van der Waals surface area (Å²) in [4.78, 5) is 0. The molecule has 0 saturated heterocycles. The zero-order valence-electron chi connectivity index (χ0n) is 8.45. The van der Waals surface area contributed by atoms with Gasteiger partial charge >= 0.3 is 0 Å². The summed E-state index contributed by atoms with van der Waals surface area (Å²) < 4.78 is 5.52. The molecule has 14 heavy (non-hydrogen) atoms. The SMILES string of the molecule is Cc1cc2c(C(C)CO)cccc2o1. The number of furan rings is 1. The van der Waals surface area contributed by atoms with Crippen LogP contribution in [0.5, 0.6) is 0 Å². The first-order chi connectivity index (χ1) is 6.72. The highest BCUT2D eigenvalue weighted by atomic mass is 16.3. The smallest absolute Gasteiger partial charge is 0.134 e. The van der Waals surface area contributed by atoms with Crippen molar-refractivity contribution in [2.75, 3.05) is 6.61 Å². The molecule has 2 nitrogen and oxygen atoms in total. The maximum Gasteiger partial charge on any atom is 0.134 e. The molecule has 0 aliphatic carbocycles. The molecule has 0 aliphatic heterocycles. The third kappa shape index (κ3) is 1.42. The van der Waals surface area contributed by atoms with Crippen LogP contribution in [-0.2, 0) is 0 Å². The van der Waals surface area contributed by atoms with E-state index in [9.17, 15) is 0 Å². The molecule has 0 bridgehead atoms. The van der Waals surface area contributed by atoms with Crippen LogP contribution >= 0.6 is 0 Å². The number of fused-ring (bicyclic) bond motifs is 1. The number of aliphatic hydroxyl groups is 1. The highest BCUT2D eigenvalue weighted by molar-refractivity contribution is 5.82. The van der Waals surface area contributed by atoms with E-state index >= 15 is 0 Å². The fourth-order valence-electron chi connectivity index (χ4n) is 1.74. The van der Waals surface area contributed by atoms with Gasteiger partial charge in [0.1, 0.15) is 11.3 Å². The van der Waals surface area contributed by atoms with E-state index in [1.165, 1.54) is 0 Å². The molecule has 0 saturated carbocycles. The van der Waals surface area contributed by atoms with Gasteiger partial charge in [0.2, 0.25) is 0 Å². The molecule has 0 spiro atoms. The van der Waals surface area contributed by atoms with Crippen molar-refractivity contribution < 1.29 is 9.52 Å². The second-order valence-electron chi connectivity index (χ2n) is 3.70. The van der Waals surface area contributed by atoms with Gasteiger partial charge in [-0.2, -0.15) is 0 Å². The highest BCUT2D eigenvalue weighted by Crippen LogP contribution is 2.27. The minimum Gasteiger partial charge on any atom is -0.461 e. The fraction of sp³-hybridized carbons (Fsp3) is 0.333. The number of aliphatic hydroxyl groups excluding tert-OH is 1. The van der Waals surface area contributed by atoms with Crippen LogP contribution in [0.15, 0.2) is 28.7 Å². The zero-order valence-corrected chi connectivity index (χ0v) is 8.45. The Bertz CT molecular complexity index is 443. The van der Waals surface area contributed by atoms with Gasteiger partial charge in [-0.15, -0.1) is 0 Å². The van der Waals surface area contributed by atoms with Gasteiger partial charge in [0.25, 0.3) is 0 Å². The van der Waals surface area contributed by atoms with Crippen LogP contribution in [-0.4, -0.2) is 11.7 Å². The van der Waals surface area contributed by atoms with E-state index in [-0.39, 0.29) is 12.5 Å². The maximum absolute atomic E-state index is 9.12. The lowest BCUT2D eigenvalue weighted by atomic mass is 9.98. The van der Waals surface area contributed by atoms with Crippen LogP contribution in [0.2, 0.25) is 0 Å². The van der Waals surface area contributed by atoms with E-state index < -0.39 is 0 Å². The van der Waals surface area contributed by atoms with Gasteiger partial charge in [-0.1, -0.05) is 19.1 Å². The highest BCUT2D eigenvalue weighted by Gasteiger charge is 2.10. The molecule has 1 N–H and O–H groups in total. The molecule has 1 unspecified atom stereocenters. The second-order valence-corrected chi connectivity index (χ2v) is 3.70. The van der Waals surface area contributed by atoms with E-state index in [0.717, 1.165) is 22.3 Å². The fourth-order valence-corrected chi connectivity index (χ4v) is 1.74. The Labute approximate surface area is 83.2 Å². The zero-order chi connectivity index (χ0) is 10.1. The molecule has 0 aliphatic rings. The van der Waals surface area contributed by atoms with Gasteiger partial charge in [0, 0.05) is 17.9 Å². The number of rotatable bonds is 2. The van der Waals surface area contributed by atoms with Crippen molar-refractivity contribution in [1.29, 1.82) is 0 Å². The Kier molecular flexibility index (Phi) is 2.30. The lowest BCUT2D eigenvalue weighted by Gasteiger charge is -2.08. The Balaban J connectivity index is 2.64. The second kappa shape index (κ2) is 3.46. The molecule has 0 radical (unpaired) electrons. The number of hydrogen-bond acceptors (Lipinski definition) is 2. The monoisotopic (exact) mass is 190 g/mol. The molecular formula is C12H14O2. The van der Waals surface area contributed by atoms with Crippen LogP contribution in [0.4, 0.5) is 0 Å². The van der Waals surface area contributed by atoms with Gasteiger partial charge in [-0.05, 0) is 24.6 Å². The van der Waals surface area contributed by atoms with Crippen molar-refractivity contribution in [2.45, 2.75) is 19.8 Å².